The third-order valence-electron chi connectivity index (χ3n) is 6.53. The van der Waals surface area contributed by atoms with Gasteiger partial charge in [-0.25, -0.2) is 0 Å². The van der Waals surface area contributed by atoms with Crippen molar-refractivity contribution in [1.82, 2.24) is 9.88 Å². The molecule has 9 nitrogen and oxygen atoms in total. The smallest absolute Gasteiger partial charge is 0.203 e. The lowest BCUT2D eigenvalue weighted by Crippen LogP contribution is -2.35. The number of aromatic amines is 1. The summed E-state index contributed by atoms with van der Waals surface area (Å²) in [7, 11) is 6.37. The molecule has 0 saturated heterocycles. The molecular formula is C30H35N3O6S. The number of ether oxygens (including phenoxy) is 5. The van der Waals surface area contributed by atoms with Crippen LogP contribution in [-0.2, 0) is 13.0 Å². The lowest BCUT2D eigenvalue weighted by Gasteiger charge is -2.27. The first-order valence-corrected chi connectivity index (χ1v) is 13.3. The van der Waals surface area contributed by atoms with Crippen LogP contribution in [0.25, 0.3) is 10.9 Å². The quantitative estimate of drug-likeness (QED) is 0.186. The number of phenols is 1. The van der Waals surface area contributed by atoms with Gasteiger partial charge in [-0.1, -0.05) is 6.07 Å². The van der Waals surface area contributed by atoms with Crippen LogP contribution in [0.2, 0.25) is 0 Å². The Balaban J connectivity index is 1.62. The van der Waals surface area contributed by atoms with Gasteiger partial charge in [0.2, 0.25) is 5.75 Å². The van der Waals surface area contributed by atoms with Crippen molar-refractivity contribution in [2.24, 2.45) is 0 Å². The minimum atomic E-state index is 0.100. The van der Waals surface area contributed by atoms with Gasteiger partial charge in [-0.15, -0.1) is 0 Å². The average molecular weight is 566 g/mol. The van der Waals surface area contributed by atoms with E-state index in [9.17, 15) is 5.11 Å². The molecule has 0 atom stereocenters. The van der Waals surface area contributed by atoms with Crippen molar-refractivity contribution < 1.29 is 28.8 Å². The Hall–Kier alpha value is -4.31. The van der Waals surface area contributed by atoms with Crippen LogP contribution < -0.4 is 29.0 Å². The van der Waals surface area contributed by atoms with Crippen LogP contribution in [-0.4, -0.2) is 61.7 Å². The number of fused-ring (bicyclic) bond motifs is 1. The maximum Gasteiger partial charge on any atom is 0.203 e. The molecule has 0 aliphatic heterocycles. The van der Waals surface area contributed by atoms with Crippen molar-refractivity contribution in [1.29, 1.82) is 0 Å². The first-order chi connectivity index (χ1) is 19.4. The molecule has 0 saturated carbocycles. The number of rotatable bonds is 12. The first-order valence-electron chi connectivity index (χ1n) is 12.8. The average Bonchev–Trinajstić information content (AvgIpc) is 3.38. The Labute approximate surface area is 239 Å². The van der Waals surface area contributed by atoms with Gasteiger partial charge in [0.25, 0.3) is 0 Å². The molecule has 0 amide bonds. The van der Waals surface area contributed by atoms with Gasteiger partial charge in [-0.3, -0.25) is 0 Å². The zero-order chi connectivity index (χ0) is 28.6. The second-order valence-corrected chi connectivity index (χ2v) is 9.36. The van der Waals surface area contributed by atoms with Crippen LogP contribution in [0.15, 0.2) is 54.7 Å². The van der Waals surface area contributed by atoms with Gasteiger partial charge < -0.3 is 44.0 Å². The van der Waals surface area contributed by atoms with Gasteiger partial charge in [0.1, 0.15) is 5.75 Å². The van der Waals surface area contributed by atoms with Crippen LogP contribution in [0.3, 0.4) is 0 Å². The van der Waals surface area contributed by atoms with E-state index in [4.69, 9.17) is 35.9 Å². The molecule has 0 aliphatic rings. The van der Waals surface area contributed by atoms with Crippen molar-refractivity contribution in [2.45, 2.75) is 19.9 Å². The number of aromatic nitrogens is 1. The molecule has 0 bridgehead atoms. The Kier molecular flexibility index (Phi) is 9.44. The Morgan fingerprint density at radius 2 is 1.68 bits per heavy atom. The van der Waals surface area contributed by atoms with Crippen molar-refractivity contribution in [3.8, 4) is 34.5 Å². The van der Waals surface area contributed by atoms with E-state index >= 15 is 0 Å². The summed E-state index contributed by atoms with van der Waals surface area (Å²) in [6.45, 7) is 3.43. The number of H-pyrrole nitrogens is 1. The fraction of sp³-hybridized carbons (Fsp3) is 0.300. The fourth-order valence-electron chi connectivity index (χ4n) is 4.50. The second kappa shape index (κ2) is 13.2. The molecule has 1 heterocycles. The third-order valence-corrected chi connectivity index (χ3v) is 6.89. The lowest BCUT2D eigenvalue weighted by atomic mass is 10.1. The van der Waals surface area contributed by atoms with Crippen molar-refractivity contribution >= 4 is 33.9 Å². The molecule has 3 N–H and O–H groups in total. The van der Waals surface area contributed by atoms with Crippen LogP contribution in [0, 0.1) is 0 Å². The number of phenolic OH excluding ortho intramolecular Hbond substituents is 1. The van der Waals surface area contributed by atoms with E-state index in [0.29, 0.717) is 53.5 Å². The van der Waals surface area contributed by atoms with E-state index in [-0.39, 0.29) is 5.75 Å². The topological polar surface area (TPSA) is 97.4 Å². The molecule has 3 aromatic carbocycles. The Morgan fingerprint density at radius 1 is 0.925 bits per heavy atom. The minimum absolute atomic E-state index is 0.100. The van der Waals surface area contributed by atoms with Gasteiger partial charge in [-0.2, -0.15) is 0 Å². The van der Waals surface area contributed by atoms with Gasteiger partial charge in [0.05, 0.1) is 35.0 Å². The molecule has 4 aromatic rings. The third kappa shape index (κ3) is 6.45. The standard InChI is InChI=1S/C30H35N3O6S/c1-6-39-26-13-19(7-10-25(26)34)18-33(12-11-20-17-31-24-9-8-22(35-2)16-23(20)24)30(40)32-21-14-27(36-3)29(38-5)28(15-21)37-4/h7-10,13-17,31,34H,6,11-12,18H2,1-5H3,(H,32,40). The normalized spacial score (nSPS) is 10.7. The summed E-state index contributed by atoms with van der Waals surface area (Å²) in [5.74, 6) is 2.88. The first kappa shape index (κ1) is 28.7. The molecule has 4 rings (SSSR count). The van der Waals surface area contributed by atoms with Gasteiger partial charge in [-0.05, 0) is 67.0 Å². The monoisotopic (exact) mass is 565 g/mol. The summed E-state index contributed by atoms with van der Waals surface area (Å²) >= 11 is 5.91. The molecule has 212 valence electrons. The highest BCUT2D eigenvalue weighted by Crippen LogP contribution is 2.40. The molecule has 0 spiro atoms. The number of hydrogen-bond acceptors (Lipinski definition) is 7. The summed E-state index contributed by atoms with van der Waals surface area (Å²) in [5.41, 5.74) is 3.83. The summed E-state index contributed by atoms with van der Waals surface area (Å²) in [6, 6.07) is 14.9. The predicted molar refractivity (Wildman–Crippen MR) is 161 cm³/mol. The number of aromatic hydroxyl groups is 1. The number of nitrogens with one attached hydrogen (secondary N) is 2. The summed E-state index contributed by atoms with van der Waals surface area (Å²) in [6.07, 6.45) is 2.74. The zero-order valence-electron chi connectivity index (χ0n) is 23.4. The fourth-order valence-corrected chi connectivity index (χ4v) is 4.78. The van der Waals surface area contributed by atoms with E-state index in [1.54, 1.807) is 34.5 Å². The minimum Gasteiger partial charge on any atom is -0.504 e. The van der Waals surface area contributed by atoms with E-state index in [1.165, 1.54) is 0 Å². The van der Waals surface area contributed by atoms with Crippen molar-refractivity contribution in [3.05, 3.63) is 65.9 Å². The molecule has 0 radical (unpaired) electrons. The van der Waals surface area contributed by atoms with E-state index < -0.39 is 0 Å². The predicted octanol–water partition coefficient (Wildman–Crippen LogP) is 5.75. The summed E-state index contributed by atoms with van der Waals surface area (Å²) < 4.78 is 27.5. The maximum atomic E-state index is 10.2. The van der Waals surface area contributed by atoms with E-state index in [2.05, 4.69) is 15.2 Å². The Morgan fingerprint density at radius 3 is 2.33 bits per heavy atom. The molecule has 0 unspecified atom stereocenters. The van der Waals surface area contributed by atoms with Gasteiger partial charge >= 0.3 is 0 Å². The van der Waals surface area contributed by atoms with Gasteiger partial charge in [0.15, 0.2) is 28.1 Å². The molecule has 10 heteroatoms. The second-order valence-electron chi connectivity index (χ2n) is 8.98. The number of anilines is 1. The largest absolute Gasteiger partial charge is 0.504 e. The molecular weight excluding hydrogens is 530 g/mol. The van der Waals surface area contributed by atoms with E-state index in [1.807, 2.05) is 55.6 Å². The number of hydrogen-bond donors (Lipinski definition) is 3. The number of methoxy groups -OCH3 is 4. The van der Waals surface area contributed by atoms with E-state index in [0.717, 1.165) is 34.2 Å². The Bertz CT molecular complexity index is 1450. The number of thiocarbonyl (C=S) groups is 1. The maximum absolute atomic E-state index is 10.2. The summed E-state index contributed by atoms with van der Waals surface area (Å²) in [5, 5.41) is 15.1. The lowest BCUT2D eigenvalue weighted by molar-refractivity contribution is 0.317. The van der Waals surface area contributed by atoms with Crippen molar-refractivity contribution in [2.75, 3.05) is 46.9 Å². The van der Waals surface area contributed by atoms with Crippen LogP contribution in [0.4, 0.5) is 5.69 Å². The highest BCUT2D eigenvalue weighted by Gasteiger charge is 2.18. The van der Waals surface area contributed by atoms with Crippen molar-refractivity contribution in [3.63, 3.8) is 0 Å². The van der Waals surface area contributed by atoms with Crippen LogP contribution in [0.5, 0.6) is 34.5 Å². The van der Waals surface area contributed by atoms with Gasteiger partial charge in [0, 0.05) is 48.0 Å². The molecule has 0 aliphatic carbocycles. The van der Waals surface area contributed by atoms with Crippen LogP contribution in [0.1, 0.15) is 18.1 Å². The highest BCUT2D eigenvalue weighted by atomic mass is 32.1. The summed E-state index contributed by atoms with van der Waals surface area (Å²) in [4.78, 5) is 5.41. The number of benzene rings is 3. The molecule has 0 fully saturated rings. The molecule has 40 heavy (non-hydrogen) atoms. The number of nitrogens with zero attached hydrogens (tertiary/aromatic N) is 1. The SMILES string of the molecule is CCOc1cc(CN(CCc2c[nH]c3ccc(OC)cc23)C(=S)Nc2cc(OC)c(OC)c(OC)c2)ccc1O. The molecule has 1 aromatic heterocycles. The zero-order valence-corrected chi connectivity index (χ0v) is 24.2. The highest BCUT2D eigenvalue weighted by molar-refractivity contribution is 7.80. The van der Waals surface area contributed by atoms with Crippen LogP contribution >= 0.6 is 12.2 Å².